The number of nitrogens with one attached hydrogen (secondary N) is 1. The number of hydrogen-bond donors (Lipinski definition) is 1. The summed E-state index contributed by atoms with van der Waals surface area (Å²) in [6, 6.07) is 3.65. The van der Waals surface area contributed by atoms with Crippen molar-refractivity contribution in [2.24, 2.45) is 5.92 Å². The Labute approximate surface area is 157 Å². The molecule has 146 valence electrons. The van der Waals surface area contributed by atoms with Gasteiger partial charge in [-0.15, -0.1) is 0 Å². The SMILES string of the molecule is COc1ccc([N+](=O)[O-])cc1NC(=O)[C@H](C)N1CCN(C(=O)C2CC2)CC1. The van der Waals surface area contributed by atoms with Crippen LogP contribution in [-0.4, -0.2) is 65.9 Å². The Balaban J connectivity index is 1.60. The number of rotatable bonds is 6. The standard InChI is InChI=1S/C18H24N4O5/c1-12(20-7-9-21(10-8-20)18(24)13-3-4-13)17(23)19-15-11-14(22(25)26)5-6-16(15)27-2/h5-6,11-13H,3-4,7-10H2,1-2H3,(H,19,23)/t12-/m0/s1. The maximum absolute atomic E-state index is 12.6. The van der Waals surface area contributed by atoms with Gasteiger partial charge in [0.1, 0.15) is 5.75 Å². The van der Waals surface area contributed by atoms with Crippen molar-refractivity contribution in [2.45, 2.75) is 25.8 Å². The molecule has 1 saturated carbocycles. The van der Waals surface area contributed by atoms with E-state index < -0.39 is 11.0 Å². The van der Waals surface area contributed by atoms with Crippen molar-refractivity contribution in [1.29, 1.82) is 0 Å². The molecule has 0 aromatic heterocycles. The minimum atomic E-state index is -0.519. The molecule has 0 spiro atoms. The van der Waals surface area contributed by atoms with Gasteiger partial charge in [0, 0.05) is 44.2 Å². The van der Waals surface area contributed by atoms with Crippen LogP contribution in [0.15, 0.2) is 18.2 Å². The molecule has 2 fully saturated rings. The minimum Gasteiger partial charge on any atom is -0.495 e. The van der Waals surface area contributed by atoms with Crippen LogP contribution in [0.5, 0.6) is 5.75 Å². The van der Waals surface area contributed by atoms with Crippen LogP contribution in [0.2, 0.25) is 0 Å². The Morgan fingerprint density at radius 3 is 2.48 bits per heavy atom. The normalized spacial score (nSPS) is 18.7. The number of ether oxygens (including phenoxy) is 1. The van der Waals surface area contributed by atoms with Gasteiger partial charge in [0.05, 0.1) is 23.8 Å². The van der Waals surface area contributed by atoms with Crippen molar-refractivity contribution in [3.63, 3.8) is 0 Å². The zero-order chi connectivity index (χ0) is 19.6. The van der Waals surface area contributed by atoms with E-state index in [0.717, 1.165) is 12.8 Å². The van der Waals surface area contributed by atoms with Gasteiger partial charge < -0.3 is 15.0 Å². The molecule has 1 heterocycles. The summed E-state index contributed by atoms with van der Waals surface area (Å²) >= 11 is 0. The average molecular weight is 376 g/mol. The van der Waals surface area contributed by atoms with Crippen LogP contribution in [-0.2, 0) is 9.59 Å². The van der Waals surface area contributed by atoms with Gasteiger partial charge in [-0.05, 0) is 25.8 Å². The maximum atomic E-state index is 12.6. The number of nitrogens with zero attached hydrogens (tertiary/aromatic N) is 3. The molecule has 0 unspecified atom stereocenters. The summed E-state index contributed by atoms with van der Waals surface area (Å²) in [5.41, 5.74) is 0.150. The van der Waals surface area contributed by atoms with Crippen LogP contribution in [0.3, 0.4) is 0 Å². The van der Waals surface area contributed by atoms with E-state index in [1.807, 2.05) is 9.80 Å². The summed E-state index contributed by atoms with van der Waals surface area (Å²) in [7, 11) is 1.44. The Morgan fingerprint density at radius 1 is 1.26 bits per heavy atom. The first kappa shape index (κ1) is 19.1. The van der Waals surface area contributed by atoms with E-state index >= 15 is 0 Å². The van der Waals surface area contributed by atoms with Gasteiger partial charge in [0.25, 0.3) is 5.69 Å². The van der Waals surface area contributed by atoms with Crippen molar-refractivity contribution in [2.75, 3.05) is 38.6 Å². The molecule has 1 aliphatic heterocycles. The molecule has 1 aromatic carbocycles. The van der Waals surface area contributed by atoms with Crippen LogP contribution >= 0.6 is 0 Å². The predicted octanol–water partition coefficient (Wildman–Crippen LogP) is 1.48. The molecule has 1 aromatic rings. The first-order valence-corrected chi connectivity index (χ1v) is 9.07. The molecule has 1 N–H and O–H groups in total. The number of methoxy groups -OCH3 is 1. The van der Waals surface area contributed by atoms with E-state index in [4.69, 9.17) is 4.74 Å². The molecule has 0 radical (unpaired) electrons. The number of nitro benzene ring substituents is 1. The maximum Gasteiger partial charge on any atom is 0.271 e. The first-order chi connectivity index (χ1) is 12.9. The second-order valence-electron chi connectivity index (χ2n) is 6.94. The highest BCUT2D eigenvalue weighted by atomic mass is 16.6. The van der Waals surface area contributed by atoms with Gasteiger partial charge in [-0.2, -0.15) is 0 Å². The summed E-state index contributed by atoms with van der Waals surface area (Å²) in [6.07, 6.45) is 1.98. The molecule has 1 saturated heterocycles. The van der Waals surface area contributed by atoms with Crippen LogP contribution in [0.25, 0.3) is 0 Å². The molecule has 9 nitrogen and oxygen atoms in total. The largest absolute Gasteiger partial charge is 0.495 e. The second-order valence-corrected chi connectivity index (χ2v) is 6.94. The van der Waals surface area contributed by atoms with Gasteiger partial charge in [-0.3, -0.25) is 24.6 Å². The van der Waals surface area contributed by atoms with Crippen molar-refractivity contribution in [1.82, 2.24) is 9.80 Å². The molecule has 0 bridgehead atoms. The van der Waals surface area contributed by atoms with Gasteiger partial charge in [-0.25, -0.2) is 0 Å². The fourth-order valence-corrected chi connectivity index (χ4v) is 3.23. The molecule has 2 amide bonds. The van der Waals surface area contributed by atoms with E-state index in [-0.39, 0.29) is 29.1 Å². The van der Waals surface area contributed by atoms with Crippen molar-refractivity contribution >= 4 is 23.2 Å². The molecule has 2 aliphatic rings. The number of amides is 2. The Hall–Kier alpha value is -2.68. The van der Waals surface area contributed by atoms with Crippen LogP contribution in [0, 0.1) is 16.0 Å². The summed E-state index contributed by atoms with van der Waals surface area (Å²) in [5.74, 6) is 0.531. The van der Waals surface area contributed by atoms with Crippen LogP contribution in [0.1, 0.15) is 19.8 Å². The lowest BCUT2D eigenvalue weighted by molar-refractivity contribution is -0.384. The van der Waals surface area contributed by atoms with Crippen LogP contribution < -0.4 is 10.1 Å². The van der Waals surface area contributed by atoms with Gasteiger partial charge in [0.2, 0.25) is 11.8 Å². The highest BCUT2D eigenvalue weighted by molar-refractivity contribution is 5.96. The first-order valence-electron chi connectivity index (χ1n) is 9.07. The van der Waals surface area contributed by atoms with Crippen molar-refractivity contribution in [3.05, 3.63) is 28.3 Å². The zero-order valence-corrected chi connectivity index (χ0v) is 15.5. The smallest absolute Gasteiger partial charge is 0.271 e. The molecule has 1 atom stereocenters. The number of carbonyl (C=O) groups is 2. The summed E-state index contributed by atoms with van der Waals surface area (Å²) in [5, 5.41) is 13.7. The van der Waals surface area contributed by atoms with E-state index in [1.165, 1.54) is 25.3 Å². The Bertz CT molecular complexity index is 741. The van der Waals surface area contributed by atoms with Gasteiger partial charge in [-0.1, -0.05) is 0 Å². The predicted molar refractivity (Wildman–Crippen MR) is 98.6 cm³/mol. The highest BCUT2D eigenvalue weighted by Crippen LogP contribution is 2.31. The van der Waals surface area contributed by atoms with Crippen LogP contribution in [0.4, 0.5) is 11.4 Å². The van der Waals surface area contributed by atoms with E-state index in [2.05, 4.69) is 5.32 Å². The summed E-state index contributed by atoms with van der Waals surface area (Å²) < 4.78 is 5.18. The number of non-ortho nitro benzene ring substituents is 1. The number of piperazine rings is 1. The minimum absolute atomic E-state index is 0.119. The lowest BCUT2D eigenvalue weighted by Gasteiger charge is -2.37. The number of carbonyl (C=O) groups excluding carboxylic acids is 2. The lowest BCUT2D eigenvalue weighted by Crippen LogP contribution is -2.54. The summed E-state index contributed by atoms with van der Waals surface area (Å²) in [6.45, 7) is 4.27. The quantitative estimate of drug-likeness (QED) is 0.596. The number of benzene rings is 1. The number of nitro groups is 1. The Morgan fingerprint density at radius 2 is 1.93 bits per heavy atom. The number of hydrogen-bond acceptors (Lipinski definition) is 6. The van der Waals surface area contributed by atoms with Gasteiger partial charge >= 0.3 is 0 Å². The zero-order valence-electron chi connectivity index (χ0n) is 15.5. The van der Waals surface area contributed by atoms with E-state index in [1.54, 1.807) is 6.92 Å². The lowest BCUT2D eigenvalue weighted by atomic mass is 10.2. The molecule has 9 heteroatoms. The van der Waals surface area contributed by atoms with Crippen molar-refractivity contribution < 1.29 is 19.2 Å². The fraction of sp³-hybridized carbons (Fsp3) is 0.556. The third kappa shape index (κ3) is 4.36. The molecular weight excluding hydrogens is 352 g/mol. The molecule has 1 aliphatic carbocycles. The fourth-order valence-electron chi connectivity index (χ4n) is 3.23. The third-order valence-corrected chi connectivity index (χ3v) is 5.13. The molecule has 27 heavy (non-hydrogen) atoms. The summed E-state index contributed by atoms with van der Waals surface area (Å²) in [4.78, 5) is 39.1. The van der Waals surface area contributed by atoms with E-state index in [0.29, 0.717) is 31.9 Å². The Kier molecular flexibility index (Phi) is 5.59. The molecular formula is C18H24N4O5. The highest BCUT2D eigenvalue weighted by Gasteiger charge is 2.35. The van der Waals surface area contributed by atoms with Gasteiger partial charge in [0.15, 0.2) is 0 Å². The monoisotopic (exact) mass is 376 g/mol. The second kappa shape index (κ2) is 7.91. The third-order valence-electron chi connectivity index (χ3n) is 5.13. The topological polar surface area (TPSA) is 105 Å². The number of anilines is 1. The molecule has 3 rings (SSSR count). The average Bonchev–Trinajstić information content (AvgIpc) is 3.52. The van der Waals surface area contributed by atoms with E-state index in [9.17, 15) is 19.7 Å². The van der Waals surface area contributed by atoms with Crippen molar-refractivity contribution in [3.8, 4) is 5.75 Å².